The van der Waals surface area contributed by atoms with E-state index in [0.29, 0.717) is 15.7 Å². The van der Waals surface area contributed by atoms with E-state index in [2.05, 4.69) is 4.98 Å². The summed E-state index contributed by atoms with van der Waals surface area (Å²) in [6.07, 6.45) is -4.45. The molecule has 0 aliphatic heterocycles. The second-order valence-electron chi connectivity index (χ2n) is 4.39. The number of amides is 1. The quantitative estimate of drug-likeness (QED) is 0.921. The van der Waals surface area contributed by atoms with Gasteiger partial charge >= 0.3 is 6.18 Å². The molecule has 20 heavy (non-hydrogen) atoms. The first-order chi connectivity index (χ1) is 9.28. The predicted molar refractivity (Wildman–Crippen MR) is 69.2 cm³/mol. The molecule has 2 aromatic rings. The van der Waals surface area contributed by atoms with E-state index in [4.69, 9.17) is 5.73 Å². The first kappa shape index (κ1) is 14.1. The number of nitrogens with two attached hydrogens (primary N) is 1. The van der Waals surface area contributed by atoms with Gasteiger partial charge in [0.05, 0.1) is 0 Å². The molecule has 0 fully saturated rings. The highest BCUT2D eigenvalue weighted by Crippen LogP contribution is 2.22. The van der Waals surface area contributed by atoms with Crippen molar-refractivity contribution in [3.63, 3.8) is 0 Å². The van der Waals surface area contributed by atoms with Crippen LogP contribution in [0, 0.1) is 0 Å². The predicted octanol–water partition coefficient (Wildman–Crippen LogP) is 2.45. The Balaban J connectivity index is 2.35. The van der Waals surface area contributed by atoms with E-state index in [-0.39, 0.29) is 11.5 Å². The third kappa shape index (κ3) is 2.98. The molecular formula is C13H12F3N3O. The maximum absolute atomic E-state index is 12.3. The number of carbonyl (C=O) groups is 1. The Kier molecular flexibility index (Phi) is 3.52. The van der Waals surface area contributed by atoms with Gasteiger partial charge in [-0.25, -0.2) is 4.98 Å². The highest BCUT2D eigenvalue weighted by Gasteiger charge is 2.32. The largest absolute Gasteiger partial charge is 0.406 e. The molecule has 1 aromatic heterocycles. The first-order valence-corrected chi connectivity index (χ1v) is 5.75. The van der Waals surface area contributed by atoms with Crippen LogP contribution in [0.4, 0.5) is 19.0 Å². The summed E-state index contributed by atoms with van der Waals surface area (Å²) in [5, 5.41) is 1.31. The van der Waals surface area contributed by atoms with Crippen LogP contribution in [0.2, 0.25) is 0 Å². The van der Waals surface area contributed by atoms with Crippen LogP contribution in [-0.4, -0.2) is 35.6 Å². The number of halogens is 3. The summed E-state index contributed by atoms with van der Waals surface area (Å²) in [6.45, 7) is -1.33. The summed E-state index contributed by atoms with van der Waals surface area (Å²) in [5.41, 5.74) is 5.61. The molecule has 0 atom stereocenters. The van der Waals surface area contributed by atoms with E-state index in [1.54, 1.807) is 24.3 Å². The molecule has 4 nitrogen and oxygen atoms in total. The van der Waals surface area contributed by atoms with E-state index < -0.39 is 18.6 Å². The van der Waals surface area contributed by atoms with Gasteiger partial charge in [-0.2, -0.15) is 13.2 Å². The van der Waals surface area contributed by atoms with Crippen LogP contribution >= 0.6 is 0 Å². The van der Waals surface area contributed by atoms with Crippen LogP contribution < -0.4 is 5.73 Å². The lowest BCUT2D eigenvalue weighted by Crippen LogP contribution is -2.36. The molecule has 0 radical (unpaired) electrons. The molecule has 106 valence electrons. The number of pyridine rings is 1. The van der Waals surface area contributed by atoms with Crippen molar-refractivity contribution in [1.29, 1.82) is 0 Å². The summed E-state index contributed by atoms with van der Waals surface area (Å²) in [4.78, 5) is 16.4. The third-order valence-corrected chi connectivity index (χ3v) is 2.75. The minimum Gasteiger partial charge on any atom is -0.383 e. The van der Waals surface area contributed by atoms with Gasteiger partial charge in [0, 0.05) is 12.4 Å². The fraction of sp³-hybridized carbons (Fsp3) is 0.231. The third-order valence-electron chi connectivity index (χ3n) is 2.75. The van der Waals surface area contributed by atoms with Crippen molar-refractivity contribution in [1.82, 2.24) is 9.88 Å². The molecule has 7 heteroatoms. The standard InChI is InChI=1S/C13H12F3N3O/c1-19(7-13(14,15)16)12(20)10-6-8-4-2-3-5-9(8)11(17)18-10/h2-6H,7H2,1H3,(H2,17,18). The minimum atomic E-state index is -4.45. The lowest BCUT2D eigenvalue weighted by molar-refractivity contribution is -0.138. The number of alkyl halides is 3. The Bertz CT molecular complexity index is 655. The van der Waals surface area contributed by atoms with Gasteiger partial charge in [-0.1, -0.05) is 24.3 Å². The van der Waals surface area contributed by atoms with Gasteiger partial charge in [-0.15, -0.1) is 0 Å². The van der Waals surface area contributed by atoms with Gasteiger partial charge in [-0.05, 0) is 11.5 Å². The van der Waals surface area contributed by atoms with E-state index in [0.717, 1.165) is 7.05 Å². The van der Waals surface area contributed by atoms with Crippen molar-refractivity contribution >= 4 is 22.5 Å². The summed E-state index contributed by atoms with van der Waals surface area (Å²) in [6, 6.07) is 8.38. The molecule has 0 spiro atoms. The Morgan fingerprint density at radius 3 is 2.65 bits per heavy atom. The van der Waals surface area contributed by atoms with Crippen LogP contribution in [0.1, 0.15) is 10.5 Å². The minimum absolute atomic E-state index is 0.104. The van der Waals surface area contributed by atoms with Gasteiger partial charge in [0.1, 0.15) is 18.1 Å². The molecule has 1 amide bonds. The van der Waals surface area contributed by atoms with Crippen LogP contribution in [0.5, 0.6) is 0 Å². The number of nitrogen functional groups attached to an aromatic ring is 1. The highest BCUT2D eigenvalue weighted by atomic mass is 19.4. The first-order valence-electron chi connectivity index (χ1n) is 5.75. The van der Waals surface area contributed by atoms with Crippen molar-refractivity contribution in [2.24, 2.45) is 0 Å². The van der Waals surface area contributed by atoms with Gasteiger partial charge in [0.25, 0.3) is 5.91 Å². The second kappa shape index (κ2) is 4.99. The molecule has 2 N–H and O–H groups in total. The van der Waals surface area contributed by atoms with Crippen molar-refractivity contribution in [2.45, 2.75) is 6.18 Å². The Morgan fingerprint density at radius 1 is 1.35 bits per heavy atom. The molecule has 1 heterocycles. The van der Waals surface area contributed by atoms with Gasteiger partial charge in [0.15, 0.2) is 0 Å². The maximum atomic E-state index is 12.3. The number of nitrogens with zero attached hydrogens (tertiary/aromatic N) is 2. The number of carbonyl (C=O) groups excluding carboxylic acids is 1. The summed E-state index contributed by atoms with van der Waals surface area (Å²) < 4.78 is 36.8. The Morgan fingerprint density at radius 2 is 2.00 bits per heavy atom. The molecule has 0 unspecified atom stereocenters. The lowest BCUT2D eigenvalue weighted by atomic mass is 10.1. The molecule has 1 aromatic carbocycles. The van der Waals surface area contributed by atoms with Crippen LogP contribution in [0.25, 0.3) is 10.8 Å². The molecule has 0 aliphatic rings. The summed E-state index contributed by atoms with van der Waals surface area (Å²) in [7, 11) is 1.07. The number of fused-ring (bicyclic) bond motifs is 1. The Labute approximate surface area is 113 Å². The van der Waals surface area contributed by atoms with E-state index in [9.17, 15) is 18.0 Å². The monoisotopic (exact) mass is 283 g/mol. The van der Waals surface area contributed by atoms with Gasteiger partial charge in [-0.3, -0.25) is 4.79 Å². The topological polar surface area (TPSA) is 59.2 Å². The van der Waals surface area contributed by atoms with Crippen LogP contribution in [0.3, 0.4) is 0 Å². The molecule has 0 aliphatic carbocycles. The zero-order valence-electron chi connectivity index (χ0n) is 10.6. The smallest absolute Gasteiger partial charge is 0.383 e. The summed E-state index contributed by atoms with van der Waals surface area (Å²) in [5.74, 6) is -0.702. The highest BCUT2D eigenvalue weighted by molar-refractivity contribution is 5.99. The number of anilines is 1. The average Bonchev–Trinajstić information content (AvgIpc) is 2.35. The van der Waals surface area contributed by atoms with Crippen molar-refractivity contribution < 1.29 is 18.0 Å². The van der Waals surface area contributed by atoms with E-state index >= 15 is 0 Å². The maximum Gasteiger partial charge on any atom is 0.406 e. The molecule has 0 saturated heterocycles. The van der Waals surface area contributed by atoms with Crippen LogP contribution in [0.15, 0.2) is 30.3 Å². The van der Waals surface area contributed by atoms with E-state index in [1.807, 2.05) is 0 Å². The number of rotatable bonds is 2. The Hall–Kier alpha value is -2.31. The SMILES string of the molecule is CN(CC(F)(F)F)C(=O)c1cc2ccccc2c(N)n1. The number of benzene rings is 1. The fourth-order valence-corrected chi connectivity index (χ4v) is 1.87. The normalized spacial score (nSPS) is 11.6. The second-order valence-corrected chi connectivity index (χ2v) is 4.39. The summed E-state index contributed by atoms with van der Waals surface area (Å²) >= 11 is 0. The van der Waals surface area contributed by atoms with E-state index in [1.165, 1.54) is 6.07 Å². The number of hydrogen-bond acceptors (Lipinski definition) is 3. The van der Waals surface area contributed by atoms with Crippen molar-refractivity contribution in [3.05, 3.63) is 36.0 Å². The van der Waals surface area contributed by atoms with Crippen molar-refractivity contribution in [2.75, 3.05) is 19.3 Å². The zero-order chi connectivity index (χ0) is 14.9. The molecular weight excluding hydrogens is 271 g/mol. The number of aromatic nitrogens is 1. The lowest BCUT2D eigenvalue weighted by Gasteiger charge is -2.18. The van der Waals surface area contributed by atoms with Crippen LogP contribution in [-0.2, 0) is 0 Å². The van der Waals surface area contributed by atoms with Gasteiger partial charge in [0.2, 0.25) is 0 Å². The molecule has 0 saturated carbocycles. The van der Waals surface area contributed by atoms with Crippen molar-refractivity contribution in [3.8, 4) is 0 Å². The van der Waals surface area contributed by atoms with Gasteiger partial charge < -0.3 is 10.6 Å². The zero-order valence-corrected chi connectivity index (χ0v) is 10.6. The molecule has 2 rings (SSSR count). The average molecular weight is 283 g/mol. The molecule has 0 bridgehead atoms. The number of hydrogen-bond donors (Lipinski definition) is 1. The fourth-order valence-electron chi connectivity index (χ4n) is 1.87.